The number of phenols is 1. The van der Waals surface area contributed by atoms with E-state index in [1.807, 2.05) is 18.2 Å². The van der Waals surface area contributed by atoms with Gasteiger partial charge in [0.05, 0.1) is 5.69 Å². The molecule has 0 radical (unpaired) electrons. The van der Waals surface area contributed by atoms with E-state index in [4.69, 9.17) is 4.52 Å². The van der Waals surface area contributed by atoms with Crippen LogP contribution in [0.1, 0.15) is 35.7 Å². The van der Waals surface area contributed by atoms with Gasteiger partial charge in [0.25, 0.3) is 0 Å². The third-order valence-corrected chi connectivity index (χ3v) is 3.46. The zero-order chi connectivity index (χ0) is 12.4. The van der Waals surface area contributed by atoms with E-state index in [1.54, 1.807) is 12.3 Å². The summed E-state index contributed by atoms with van der Waals surface area (Å²) in [4.78, 5) is 0. The van der Waals surface area contributed by atoms with Crippen LogP contribution in [-0.2, 0) is 13.0 Å². The van der Waals surface area contributed by atoms with E-state index < -0.39 is 0 Å². The third kappa shape index (κ3) is 2.24. The molecule has 18 heavy (non-hydrogen) atoms. The lowest BCUT2D eigenvalue weighted by atomic mass is 9.87. The maximum Gasteiger partial charge on any atom is 0.124 e. The van der Waals surface area contributed by atoms with Crippen LogP contribution in [0.2, 0.25) is 0 Å². The van der Waals surface area contributed by atoms with Gasteiger partial charge in [0, 0.05) is 18.7 Å². The lowest BCUT2D eigenvalue weighted by Crippen LogP contribution is -2.24. The number of hydrogen-bond donors (Lipinski definition) is 2. The molecule has 0 amide bonds. The van der Waals surface area contributed by atoms with Gasteiger partial charge in [-0.2, -0.15) is 0 Å². The molecule has 0 saturated carbocycles. The average Bonchev–Trinajstić information content (AvgIpc) is 2.89. The van der Waals surface area contributed by atoms with Crippen molar-refractivity contribution in [2.45, 2.75) is 31.8 Å². The number of aromatic nitrogens is 1. The Morgan fingerprint density at radius 3 is 3.17 bits per heavy atom. The van der Waals surface area contributed by atoms with Crippen LogP contribution in [0.5, 0.6) is 5.75 Å². The number of phenolic OH excluding ortho intramolecular Hbond substituents is 1. The molecule has 1 heterocycles. The summed E-state index contributed by atoms with van der Waals surface area (Å²) in [5.41, 5.74) is 3.45. The van der Waals surface area contributed by atoms with Gasteiger partial charge in [-0.05, 0) is 42.5 Å². The number of nitrogens with zero attached hydrogens (tertiary/aromatic N) is 1. The summed E-state index contributed by atoms with van der Waals surface area (Å²) in [6.07, 6.45) is 4.94. The van der Waals surface area contributed by atoms with E-state index >= 15 is 0 Å². The quantitative estimate of drug-likeness (QED) is 0.871. The number of fused-ring (bicyclic) bond motifs is 1. The van der Waals surface area contributed by atoms with Crippen LogP contribution < -0.4 is 5.32 Å². The van der Waals surface area contributed by atoms with Crippen molar-refractivity contribution in [3.05, 3.63) is 47.3 Å². The molecule has 0 spiro atoms. The summed E-state index contributed by atoms with van der Waals surface area (Å²) in [5.74, 6) is 0.337. The van der Waals surface area contributed by atoms with E-state index in [1.165, 1.54) is 17.5 Å². The van der Waals surface area contributed by atoms with Crippen molar-refractivity contribution in [3.63, 3.8) is 0 Å². The van der Waals surface area contributed by atoms with Crippen LogP contribution >= 0.6 is 0 Å². The Balaban J connectivity index is 1.76. The largest absolute Gasteiger partial charge is 0.508 e. The summed E-state index contributed by atoms with van der Waals surface area (Å²) in [6.45, 7) is 0.691. The second kappa shape index (κ2) is 4.82. The molecule has 0 bridgehead atoms. The Labute approximate surface area is 106 Å². The molecule has 4 nitrogen and oxygen atoms in total. The molecule has 94 valence electrons. The molecule has 1 atom stereocenters. The van der Waals surface area contributed by atoms with Crippen molar-refractivity contribution >= 4 is 0 Å². The van der Waals surface area contributed by atoms with Gasteiger partial charge in [0.15, 0.2) is 0 Å². The van der Waals surface area contributed by atoms with Gasteiger partial charge < -0.3 is 14.9 Å². The minimum absolute atomic E-state index is 0.289. The first-order chi connectivity index (χ1) is 8.83. The highest BCUT2D eigenvalue weighted by molar-refractivity contribution is 5.38. The van der Waals surface area contributed by atoms with Crippen LogP contribution in [-0.4, -0.2) is 10.3 Å². The number of aryl methyl sites for hydroxylation is 1. The molecular weight excluding hydrogens is 228 g/mol. The Morgan fingerprint density at radius 2 is 2.33 bits per heavy atom. The van der Waals surface area contributed by atoms with Crippen LogP contribution in [0.4, 0.5) is 0 Å². The summed E-state index contributed by atoms with van der Waals surface area (Å²) >= 11 is 0. The second-order valence-corrected chi connectivity index (χ2v) is 4.70. The van der Waals surface area contributed by atoms with Gasteiger partial charge in [-0.25, -0.2) is 0 Å². The maximum absolute atomic E-state index is 9.60. The molecule has 0 saturated heterocycles. The fourth-order valence-corrected chi connectivity index (χ4v) is 2.56. The first-order valence-electron chi connectivity index (χ1n) is 6.27. The predicted molar refractivity (Wildman–Crippen MR) is 67.1 cm³/mol. The molecule has 1 aliphatic carbocycles. The van der Waals surface area contributed by atoms with Crippen LogP contribution in [0, 0.1) is 0 Å². The molecule has 1 aromatic heterocycles. The zero-order valence-electron chi connectivity index (χ0n) is 10.1. The topological polar surface area (TPSA) is 58.3 Å². The number of rotatable bonds is 3. The number of aromatic hydroxyl groups is 1. The Hall–Kier alpha value is -1.81. The summed E-state index contributed by atoms with van der Waals surface area (Å²) < 4.78 is 4.81. The highest BCUT2D eigenvalue weighted by Crippen LogP contribution is 2.32. The normalized spacial score (nSPS) is 18.6. The molecule has 2 aromatic rings. The van der Waals surface area contributed by atoms with E-state index in [9.17, 15) is 5.11 Å². The second-order valence-electron chi connectivity index (χ2n) is 4.70. The molecule has 3 rings (SSSR count). The third-order valence-electron chi connectivity index (χ3n) is 3.46. The average molecular weight is 244 g/mol. The van der Waals surface area contributed by atoms with Crippen molar-refractivity contribution in [3.8, 4) is 5.75 Å². The van der Waals surface area contributed by atoms with Gasteiger partial charge in [-0.15, -0.1) is 0 Å². The van der Waals surface area contributed by atoms with Gasteiger partial charge in [0.1, 0.15) is 12.0 Å². The Kier molecular flexibility index (Phi) is 3.02. The minimum atomic E-state index is 0.289. The molecule has 1 aromatic carbocycles. The smallest absolute Gasteiger partial charge is 0.124 e. The molecule has 2 N–H and O–H groups in total. The maximum atomic E-state index is 9.60. The lowest BCUT2D eigenvalue weighted by molar-refractivity contribution is 0.398. The number of benzene rings is 1. The fourth-order valence-electron chi connectivity index (χ4n) is 2.56. The first kappa shape index (κ1) is 11.3. The SMILES string of the molecule is Oc1ccc2c(c1)C(NCc1ccon1)CCC2. The van der Waals surface area contributed by atoms with Crippen LogP contribution in [0.15, 0.2) is 35.1 Å². The summed E-state index contributed by atoms with van der Waals surface area (Å²) in [7, 11) is 0. The zero-order valence-corrected chi connectivity index (χ0v) is 10.1. The lowest BCUT2D eigenvalue weighted by Gasteiger charge is -2.26. The predicted octanol–water partition coefficient (Wildman–Crippen LogP) is 2.55. The van der Waals surface area contributed by atoms with Gasteiger partial charge in [-0.1, -0.05) is 11.2 Å². The summed E-state index contributed by atoms with van der Waals surface area (Å²) in [5, 5.41) is 17.0. The van der Waals surface area contributed by atoms with Gasteiger partial charge in [-0.3, -0.25) is 0 Å². The van der Waals surface area contributed by atoms with Crippen molar-refractivity contribution in [1.82, 2.24) is 10.5 Å². The first-order valence-corrected chi connectivity index (χ1v) is 6.27. The molecule has 1 aliphatic rings. The van der Waals surface area contributed by atoms with Crippen molar-refractivity contribution in [2.75, 3.05) is 0 Å². The van der Waals surface area contributed by atoms with Crippen molar-refractivity contribution in [1.29, 1.82) is 0 Å². The molecule has 0 fully saturated rings. The van der Waals surface area contributed by atoms with E-state index in [-0.39, 0.29) is 6.04 Å². The standard InChI is InChI=1S/C14H16N2O2/c17-12-5-4-10-2-1-3-14(13(10)8-12)15-9-11-6-7-18-16-11/h4-8,14-15,17H,1-3,9H2. The molecule has 0 aliphatic heterocycles. The van der Waals surface area contributed by atoms with Gasteiger partial charge in [0.2, 0.25) is 0 Å². The van der Waals surface area contributed by atoms with Gasteiger partial charge >= 0.3 is 0 Å². The highest BCUT2D eigenvalue weighted by Gasteiger charge is 2.20. The molecule has 4 heteroatoms. The fraction of sp³-hybridized carbons (Fsp3) is 0.357. The van der Waals surface area contributed by atoms with E-state index in [0.717, 1.165) is 18.5 Å². The van der Waals surface area contributed by atoms with Crippen molar-refractivity contribution in [2.24, 2.45) is 0 Å². The van der Waals surface area contributed by atoms with Crippen molar-refractivity contribution < 1.29 is 9.63 Å². The number of hydrogen-bond acceptors (Lipinski definition) is 4. The summed E-state index contributed by atoms with van der Waals surface area (Å²) in [6, 6.07) is 7.80. The molecular formula is C14H16N2O2. The van der Waals surface area contributed by atoms with Crippen LogP contribution in [0.25, 0.3) is 0 Å². The number of nitrogens with one attached hydrogen (secondary N) is 1. The Bertz CT molecular complexity index is 523. The Morgan fingerprint density at radius 1 is 1.39 bits per heavy atom. The van der Waals surface area contributed by atoms with E-state index in [0.29, 0.717) is 12.3 Å². The molecule has 1 unspecified atom stereocenters. The minimum Gasteiger partial charge on any atom is -0.508 e. The van der Waals surface area contributed by atoms with Crippen LogP contribution in [0.3, 0.4) is 0 Å². The van der Waals surface area contributed by atoms with E-state index in [2.05, 4.69) is 10.5 Å². The monoisotopic (exact) mass is 244 g/mol. The highest BCUT2D eigenvalue weighted by atomic mass is 16.5.